The first-order valence-electron chi connectivity index (χ1n) is 6.44. The number of amides is 1. The third kappa shape index (κ3) is 5.23. The summed E-state index contributed by atoms with van der Waals surface area (Å²) in [6.07, 6.45) is 1.36. The van der Waals surface area contributed by atoms with E-state index in [1.165, 1.54) is 24.3 Å². The van der Waals surface area contributed by atoms with Crippen molar-refractivity contribution in [2.75, 3.05) is 13.2 Å². The number of nitrogens with zero attached hydrogens (tertiary/aromatic N) is 1. The van der Waals surface area contributed by atoms with Gasteiger partial charge in [0.1, 0.15) is 5.75 Å². The van der Waals surface area contributed by atoms with Crippen LogP contribution in [0.2, 0.25) is 0 Å². The molecular formula is C13H19N3O4. The predicted octanol–water partition coefficient (Wildman–Crippen LogP) is 1.22. The minimum Gasteiger partial charge on any atom is -0.494 e. The molecule has 0 bridgehead atoms. The van der Waals surface area contributed by atoms with Gasteiger partial charge in [-0.05, 0) is 25.1 Å². The number of carbonyl (C=O) groups excluding carboxylic acids is 1. The molecule has 0 fully saturated rings. The maximum absolute atomic E-state index is 11.2. The molecule has 0 aliphatic heterocycles. The molecule has 1 aromatic rings. The quantitative estimate of drug-likeness (QED) is 0.522. The number of hydrogen-bond acceptors (Lipinski definition) is 5. The van der Waals surface area contributed by atoms with E-state index < -0.39 is 16.9 Å². The molecule has 0 saturated carbocycles. The SMILES string of the molecule is CCCNC(CCOc1ccc([N+](=O)[O-])cc1)C(N)=O. The van der Waals surface area contributed by atoms with Gasteiger partial charge in [-0.3, -0.25) is 14.9 Å². The molecule has 0 heterocycles. The normalized spacial score (nSPS) is 11.8. The lowest BCUT2D eigenvalue weighted by Crippen LogP contribution is -2.42. The highest BCUT2D eigenvalue weighted by Crippen LogP contribution is 2.17. The number of nitrogens with two attached hydrogens (primary N) is 1. The number of rotatable bonds is 9. The van der Waals surface area contributed by atoms with Gasteiger partial charge in [0.15, 0.2) is 0 Å². The van der Waals surface area contributed by atoms with E-state index in [2.05, 4.69) is 5.32 Å². The summed E-state index contributed by atoms with van der Waals surface area (Å²) in [6.45, 7) is 3.02. The standard InChI is InChI=1S/C13H19N3O4/c1-2-8-15-12(13(14)17)7-9-20-11-5-3-10(4-6-11)16(18)19/h3-6,12,15H,2,7-9H2,1H3,(H2,14,17). The van der Waals surface area contributed by atoms with Gasteiger partial charge in [0.2, 0.25) is 5.91 Å². The van der Waals surface area contributed by atoms with Crippen molar-refractivity contribution in [3.05, 3.63) is 34.4 Å². The molecule has 7 nitrogen and oxygen atoms in total. The van der Waals surface area contributed by atoms with Crippen molar-refractivity contribution in [1.29, 1.82) is 0 Å². The van der Waals surface area contributed by atoms with Gasteiger partial charge in [-0.2, -0.15) is 0 Å². The van der Waals surface area contributed by atoms with E-state index in [0.717, 1.165) is 6.42 Å². The average molecular weight is 281 g/mol. The highest BCUT2D eigenvalue weighted by molar-refractivity contribution is 5.79. The van der Waals surface area contributed by atoms with Crippen LogP contribution < -0.4 is 15.8 Å². The number of nitro benzene ring substituents is 1. The van der Waals surface area contributed by atoms with Gasteiger partial charge in [0.05, 0.1) is 17.6 Å². The lowest BCUT2D eigenvalue weighted by atomic mass is 10.2. The number of benzene rings is 1. The smallest absolute Gasteiger partial charge is 0.269 e. The molecule has 0 saturated heterocycles. The molecule has 1 rings (SSSR count). The molecule has 3 N–H and O–H groups in total. The fourth-order valence-electron chi connectivity index (χ4n) is 1.62. The van der Waals surface area contributed by atoms with Crippen molar-refractivity contribution in [2.45, 2.75) is 25.8 Å². The second-order valence-corrected chi connectivity index (χ2v) is 4.30. The van der Waals surface area contributed by atoms with Gasteiger partial charge < -0.3 is 15.8 Å². The Morgan fingerprint density at radius 1 is 1.45 bits per heavy atom. The maximum atomic E-state index is 11.2. The molecule has 0 radical (unpaired) electrons. The van der Waals surface area contributed by atoms with E-state index in [1.807, 2.05) is 6.92 Å². The zero-order chi connectivity index (χ0) is 15.0. The fourth-order valence-corrected chi connectivity index (χ4v) is 1.62. The summed E-state index contributed by atoms with van der Waals surface area (Å²) in [5, 5.41) is 13.5. The van der Waals surface area contributed by atoms with E-state index in [4.69, 9.17) is 10.5 Å². The zero-order valence-electron chi connectivity index (χ0n) is 11.4. The molecule has 1 atom stereocenters. The Morgan fingerprint density at radius 2 is 2.10 bits per heavy atom. The molecule has 110 valence electrons. The molecule has 1 amide bonds. The number of primary amides is 1. The fraction of sp³-hybridized carbons (Fsp3) is 0.462. The number of hydrogen-bond donors (Lipinski definition) is 2. The monoisotopic (exact) mass is 281 g/mol. The van der Waals surface area contributed by atoms with Gasteiger partial charge in [-0.15, -0.1) is 0 Å². The third-order valence-corrected chi connectivity index (χ3v) is 2.71. The first-order chi connectivity index (χ1) is 9.54. The molecule has 0 aliphatic rings. The topological polar surface area (TPSA) is 107 Å². The summed E-state index contributed by atoms with van der Waals surface area (Å²) < 4.78 is 5.43. The summed E-state index contributed by atoms with van der Waals surface area (Å²) >= 11 is 0. The van der Waals surface area contributed by atoms with Crippen LogP contribution >= 0.6 is 0 Å². The lowest BCUT2D eigenvalue weighted by Gasteiger charge is -2.15. The van der Waals surface area contributed by atoms with E-state index in [0.29, 0.717) is 25.3 Å². The van der Waals surface area contributed by atoms with Crippen LogP contribution in [0.1, 0.15) is 19.8 Å². The van der Waals surface area contributed by atoms with E-state index >= 15 is 0 Å². The Hall–Kier alpha value is -2.15. The highest BCUT2D eigenvalue weighted by Gasteiger charge is 2.14. The summed E-state index contributed by atoms with van der Waals surface area (Å²) in [7, 11) is 0. The molecule has 1 unspecified atom stereocenters. The van der Waals surface area contributed by atoms with E-state index in [1.54, 1.807) is 0 Å². The Labute approximate surface area is 117 Å². The van der Waals surface area contributed by atoms with Crippen LogP contribution in [0.5, 0.6) is 5.75 Å². The zero-order valence-corrected chi connectivity index (χ0v) is 11.4. The van der Waals surface area contributed by atoms with Gasteiger partial charge >= 0.3 is 0 Å². The highest BCUT2D eigenvalue weighted by atomic mass is 16.6. The van der Waals surface area contributed by atoms with Crippen LogP contribution in [0.3, 0.4) is 0 Å². The van der Waals surface area contributed by atoms with Crippen molar-refractivity contribution in [2.24, 2.45) is 5.73 Å². The van der Waals surface area contributed by atoms with Crippen molar-refractivity contribution in [3.63, 3.8) is 0 Å². The van der Waals surface area contributed by atoms with Gasteiger partial charge in [-0.1, -0.05) is 6.92 Å². The summed E-state index contributed by atoms with van der Waals surface area (Å²) in [5.41, 5.74) is 5.29. The average Bonchev–Trinajstić information content (AvgIpc) is 2.42. The Kier molecular flexibility index (Phi) is 6.45. The van der Waals surface area contributed by atoms with Crippen molar-refractivity contribution < 1.29 is 14.5 Å². The summed E-state index contributed by atoms with van der Waals surface area (Å²) in [6, 6.07) is 5.37. The maximum Gasteiger partial charge on any atom is 0.269 e. The van der Waals surface area contributed by atoms with Crippen molar-refractivity contribution >= 4 is 11.6 Å². The molecule has 0 aromatic heterocycles. The molecule has 7 heteroatoms. The number of carbonyl (C=O) groups is 1. The minimum absolute atomic E-state index is 0.0111. The number of nitrogens with one attached hydrogen (secondary N) is 1. The Bertz CT molecular complexity index is 447. The molecule has 20 heavy (non-hydrogen) atoms. The van der Waals surface area contributed by atoms with E-state index in [-0.39, 0.29) is 5.69 Å². The minimum atomic E-state index is -0.471. The Balaban J connectivity index is 2.42. The number of ether oxygens (including phenoxy) is 1. The van der Waals surface area contributed by atoms with Crippen LogP contribution in [-0.2, 0) is 4.79 Å². The molecule has 1 aromatic carbocycles. The lowest BCUT2D eigenvalue weighted by molar-refractivity contribution is -0.384. The van der Waals surface area contributed by atoms with Gasteiger partial charge in [0, 0.05) is 18.6 Å². The number of non-ortho nitro benzene ring substituents is 1. The van der Waals surface area contributed by atoms with E-state index in [9.17, 15) is 14.9 Å². The second kappa shape index (κ2) is 8.11. The van der Waals surface area contributed by atoms with Crippen LogP contribution in [0.15, 0.2) is 24.3 Å². The summed E-state index contributed by atoms with van der Waals surface area (Å²) in [4.78, 5) is 21.2. The molecule has 0 spiro atoms. The first kappa shape index (κ1) is 15.9. The van der Waals surface area contributed by atoms with Crippen LogP contribution in [0.25, 0.3) is 0 Å². The number of nitro groups is 1. The third-order valence-electron chi connectivity index (χ3n) is 2.71. The van der Waals surface area contributed by atoms with Crippen LogP contribution in [0, 0.1) is 10.1 Å². The van der Waals surface area contributed by atoms with Gasteiger partial charge in [0.25, 0.3) is 5.69 Å². The Morgan fingerprint density at radius 3 is 2.60 bits per heavy atom. The van der Waals surface area contributed by atoms with Crippen molar-refractivity contribution in [3.8, 4) is 5.75 Å². The predicted molar refractivity (Wildman–Crippen MR) is 74.5 cm³/mol. The molecule has 0 aliphatic carbocycles. The van der Waals surface area contributed by atoms with Gasteiger partial charge in [-0.25, -0.2) is 0 Å². The largest absolute Gasteiger partial charge is 0.494 e. The summed E-state index contributed by atoms with van der Waals surface area (Å²) in [5.74, 6) is 0.111. The van der Waals surface area contributed by atoms with Crippen LogP contribution in [-0.4, -0.2) is 30.0 Å². The molecular weight excluding hydrogens is 262 g/mol. The van der Waals surface area contributed by atoms with Crippen LogP contribution in [0.4, 0.5) is 5.69 Å². The second-order valence-electron chi connectivity index (χ2n) is 4.30. The van der Waals surface area contributed by atoms with Crippen molar-refractivity contribution in [1.82, 2.24) is 5.32 Å². The first-order valence-corrected chi connectivity index (χ1v) is 6.44.